The molecule has 1 saturated heterocycles. The van der Waals surface area contributed by atoms with E-state index in [0.717, 1.165) is 7.11 Å². The van der Waals surface area contributed by atoms with Crippen LogP contribution in [0.4, 0.5) is 8.78 Å². The zero-order chi connectivity index (χ0) is 52.1. The van der Waals surface area contributed by atoms with Crippen molar-refractivity contribution >= 4 is 29.6 Å². The number of ether oxygens (including phenoxy) is 3. The summed E-state index contributed by atoms with van der Waals surface area (Å²) in [4.78, 5) is 70.2. The second-order valence-corrected chi connectivity index (χ2v) is 22.3. The number of carbonyl (C=O) groups is 5. The Morgan fingerprint density at radius 3 is 2.19 bits per heavy atom. The highest BCUT2D eigenvalue weighted by Gasteiger charge is 2.78. The van der Waals surface area contributed by atoms with E-state index in [-0.39, 0.29) is 94.3 Å². The smallest absolute Gasteiger partial charge is 0.351 e. The summed E-state index contributed by atoms with van der Waals surface area (Å²) >= 11 is 0. The van der Waals surface area contributed by atoms with E-state index in [1.807, 2.05) is 11.8 Å². The molecule has 4 aliphatic carbocycles. The fraction of sp³-hybridized carbons (Fsp3) is 0.824. The summed E-state index contributed by atoms with van der Waals surface area (Å²) in [5, 5.41) is 69.4. The highest BCUT2D eigenvalue weighted by molar-refractivity contribution is 5.94. The average Bonchev–Trinajstić information content (AvgIpc) is 3.49. The number of halogens is 2. The first-order valence-electron chi connectivity index (χ1n) is 24.8. The number of hydrogen-bond donors (Lipinski definition) is 6. The summed E-state index contributed by atoms with van der Waals surface area (Å²) in [5.74, 6) is -9.14. The van der Waals surface area contributed by atoms with Gasteiger partial charge in [-0.1, -0.05) is 40.7 Å². The van der Waals surface area contributed by atoms with E-state index in [9.17, 15) is 54.6 Å². The van der Waals surface area contributed by atoms with E-state index in [0.29, 0.717) is 0 Å². The number of nitrogens with zero attached hydrogens (tertiary/aromatic N) is 2. The number of rotatable bonds is 10. The van der Waals surface area contributed by atoms with Crippen LogP contribution in [0.2, 0.25) is 0 Å². The van der Waals surface area contributed by atoms with Crippen LogP contribution in [0, 0.1) is 46.3 Å². The molecule has 18 heteroatoms. The van der Waals surface area contributed by atoms with Crippen molar-refractivity contribution in [3.8, 4) is 0 Å². The number of methoxy groups -OCH3 is 1. The van der Waals surface area contributed by atoms with Gasteiger partial charge in [0.05, 0.1) is 43.4 Å². The Bertz CT molecular complexity index is 2010. The van der Waals surface area contributed by atoms with Gasteiger partial charge in [0, 0.05) is 80.6 Å². The molecule has 3 fully saturated rings. The summed E-state index contributed by atoms with van der Waals surface area (Å²) in [6.45, 7) is 17.5. The molecule has 5 rings (SSSR count). The van der Waals surface area contributed by atoms with E-state index in [2.05, 4.69) is 0 Å². The number of allylic oxidation sites excluding steroid dienone is 4. The molecule has 5 aliphatic rings. The highest BCUT2D eigenvalue weighted by atomic mass is 19.1. The largest absolute Gasteiger partial charge is 0.466 e. The standard InChI is InChI=1S/C51H80F2N2O14/c1-13-39-49(11,66)43(62)31(6)55(26-27(2)24-48(10,65)42(61)29(4)41(60)30(5)44(63)68-39)19-14-18-54(32(7)56)20-16-40(59)69-51(45(64)67-12)28(3)21-34-35-23-37(52)36-22-33(57)15-17-46(36,8)50(35,53)38(58)25-47(34,51)9/h15,17,27-31,34-35,38-39,41-43,58,60-62,65-66H,13-14,16,18-26H2,1-12H3/t27-,28-,29+,30-,31-,34?,35?,38+,39-,41+,42-,43-,46+,47+,48-,49-,50+,51+/m1/s1. The Labute approximate surface area is 405 Å². The van der Waals surface area contributed by atoms with Crippen molar-refractivity contribution < 1.29 is 77.6 Å². The Balaban J connectivity index is 1.34. The number of amides is 1. The van der Waals surface area contributed by atoms with E-state index < -0.39 is 130 Å². The first-order chi connectivity index (χ1) is 31.8. The minimum absolute atomic E-state index is 0.00178. The van der Waals surface area contributed by atoms with Crippen molar-refractivity contribution in [2.45, 2.75) is 187 Å². The SMILES string of the molecule is CC[C@H]1OC(=O)[C@H](C)[C@@H](O)[C@H](C)[C@@H](O)[C@](C)(O)C[C@@H](C)CN(CCCN(CCC(=O)O[C@]2(C(=O)OC)[C@H](C)CC3C4CC(F)=C5CC(=O)C=C[C@]5(C)[C@@]4(F)[C@@H](O)C[C@@]32C)C(C)=O)[C@H](C)[C@@H](O)[C@]1(C)O. The van der Waals surface area contributed by atoms with E-state index in [1.165, 1.54) is 58.6 Å². The van der Waals surface area contributed by atoms with Crippen molar-refractivity contribution in [1.82, 2.24) is 9.80 Å². The molecule has 0 bridgehead atoms. The number of aliphatic hydroxyl groups excluding tert-OH is 4. The van der Waals surface area contributed by atoms with Crippen LogP contribution in [0.25, 0.3) is 0 Å². The lowest BCUT2D eigenvalue weighted by Gasteiger charge is -2.62. The van der Waals surface area contributed by atoms with Crippen molar-refractivity contribution in [3.05, 3.63) is 23.6 Å². The molecule has 0 aromatic heterocycles. The number of cyclic esters (lactones) is 1. The maximum absolute atomic E-state index is 17.9. The van der Waals surface area contributed by atoms with Gasteiger partial charge in [-0.3, -0.25) is 24.1 Å². The first-order valence-corrected chi connectivity index (χ1v) is 24.8. The summed E-state index contributed by atoms with van der Waals surface area (Å²) in [6, 6.07) is -0.791. The van der Waals surface area contributed by atoms with Crippen LogP contribution in [0.5, 0.6) is 0 Å². The Hall–Kier alpha value is -3.39. The molecule has 0 radical (unpaired) electrons. The Kier molecular flexibility index (Phi) is 16.9. The quantitative estimate of drug-likeness (QED) is 0.135. The summed E-state index contributed by atoms with van der Waals surface area (Å²) in [5.41, 5.74) is -11.2. The summed E-state index contributed by atoms with van der Waals surface area (Å²) in [6.07, 6.45) is -5.60. The van der Waals surface area contributed by atoms with Crippen molar-refractivity contribution in [3.63, 3.8) is 0 Å². The van der Waals surface area contributed by atoms with Crippen LogP contribution < -0.4 is 0 Å². The maximum Gasteiger partial charge on any atom is 0.351 e. The van der Waals surface area contributed by atoms with Gasteiger partial charge >= 0.3 is 17.9 Å². The molecule has 6 N–H and O–H groups in total. The normalized spacial score (nSPS) is 44.5. The third-order valence-corrected chi connectivity index (χ3v) is 17.6. The molecule has 0 spiro atoms. The molecule has 392 valence electrons. The van der Waals surface area contributed by atoms with Crippen molar-refractivity contribution in [1.29, 1.82) is 0 Å². The van der Waals surface area contributed by atoms with Gasteiger partial charge in [-0.15, -0.1) is 0 Å². The van der Waals surface area contributed by atoms with Crippen LogP contribution >= 0.6 is 0 Å². The number of fused-ring (bicyclic) bond motifs is 5. The molecule has 1 heterocycles. The number of alkyl halides is 1. The Morgan fingerprint density at radius 1 is 0.957 bits per heavy atom. The molecular weight excluding hydrogens is 903 g/mol. The van der Waals surface area contributed by atoms with Gasteiger partial charge in [-0.2, -0.15) is 0 Å². The van der Waals surface area contributed by atoms with E-state index >= 15 is 8.78 Å². The number of esters is 3. The lowest BCUT2D eigenvalue weighted by Crippen LogP contribution is -2.70. The number of ketones is 1. The number of hydrogen-bond acceptors (Lipinski definition) is 15. The van der Waals surface area contributed by atoms with Gasteiger partial charge in [0.15, 0.2) is 11.5 Å². The lowest BCUT2D eigenvalue weighted by molar-refractivity contribution is -0.234. The second-order valence-electron chi connectivity index (χ2n) is 22.3. The van der Waals surface area contributed by atoms with Gasteiger partial charge in [0.2, 0.25) is 11.5 Å². The molecular formula is C51H80F2N2O14. The predicted octanol–water partition coefficient (Wildman–Crippen LogP) is 3.89. The fourth-order valence-electron chi connectivity index (χ4n) is 13.5. The van der Waals surface area contributed by atoms with Crippen LogP contribution in [0.3, 0.4) is 0 Å². The third kappa shape index (κ3) is 9.82. The zero-order valence-corrected chi connectivity index (χ0v) is 42.7. The molecule has 0 aromatic carbocycles. The van der Waals surface area contributed by atoms with Gasteiger partial charge in [-0.25, -0.2) is 13.6 Å². The van der Waals surface area contributed by atoms with Crippen LogP contribution in [-0.4, -0.2) is 162 Å². The monoisotopic (exact) mass is 983 g/mol. The first kappa shape index (κ1) is 56.5. The minimum atomic E-state index is -2.42. The fourth-order valence-corrected chi connectivity index (χ4v) is 13.5. The summed E-state index contributed by atoms with van der Waals surface area (Å²) in [7, 11) is 1.14. The van der Waals surface area contributed by atoms with Gasteiger partial charge in [0.25, 0.3) is 0 Å². The predicted molar refractivity (Wildman–Crippen MR) is 248 cm³/mol. The van der Waals surface area contributed by atoms with Crippen molar-refractivity contribution in [2.24, 2.45) is 46.3 Å². The minimum Gasteiger partial charge on any atom is -0.466 e. The topological polar surface area (TPSA) is 241 Å². The van der Waals surface area contributed by atoms with E-state index in [1.54, 1.807) is 27.7 Å². The van der Waals surface area contributed by atoms with Gasteiger partial charge in [-0.05, 0) is 90.2 Å². The molecule has 0 aromatic rings. The van der Waals surface area contributed by atoms with Crippen LogP contribution in [0.1, 0.15) is 128 Å². The van der Waals surface area contributed by atoms with E-state index in [4.69, 9.17) is 14.2 Å². The average molecular weight is 983 g/mol. The van der Waals surface area contributed by atoms with Crippen molar-refractivity contribution in [2.75, 3.05) is 33.3 Å². The highest BCUT2D eigenvalue weighted by Crippen LogP contribution is 2.72. The zero-order valence-electron chi connectivity index (χ0n) is 42.7. The molecule has 2 saturated carbocycles. The third-order valence-electron chi connectivity index (χ3n) is 17.6. The lowest BCUT2D eigenvalue weighted by atomic mass is 9.45. The van der Waals surface area contributed by atoms with Crippen LogP contribution in [0.15, 0.2) is 23.6 Å². The summed E-state index contributed by atoms with van der Waals surface area (Å²) < 4.78 is 51.2. The molecule has 1 aliphatic heterocycles. The molecule has 2 unspecified atom stereocenters. The number of carbonyl (C=O) groups excluding carboxylic acids is 5. The maximum atomic E-state index is 17.9. The number of aliphatic hydroxyl groups is 6. The molecule has 18 atom stereocenters. The van der Waals surface area contributed by atoms with Gasteiger partial charge < -0.3 is 49.7 Å². The van der Waals surface area contributed by atoms with Crippen LogP contribution in [-0.2, 0) is 38.2 Å². The molecule has 1 amide bonds. The second kappa shape index (κ2) is 20.6. The molecule has 16 nitrogen and oxygen atoms in total. The Morgan fingerprint density at radius 2 is 1.59 bits per heavy atom. The van der Waals surface area contributed by atoms with Gasteiger partial charge in [0.1, 0.15) is 23.6 Å². The molecule has 69 heavy (non-hydrogen) atoms.